The van der Waals surface area contributed by atoms with E-state index in [0.29, 0.717) is 32.4 Å². The van der Waals surface area contributed by atoms with Gasteiger partial charge in [0.25, 0.3) is 0 Å². The predicted molar refractivity (Wildman–Crippen MR) is 123 cm³/mol. The molecule has 0 bridgehead atoms. The molecule has 0 spiro atoms. The van der Waals surface area contributed by atoms with Crippen molar-refractivity contribution in [2.45, 2.75) is 25.8 Å². The lowest BCUT2D eigenvalue weighted by Gasteiger charge is -2.32. The molecule has 3 heterocycles. The second kappa shape index (κ2) is 9.89. The molecule has 1 aromatic carbocycles. The van der Waals surface area contributed by atoms with Gasteiger partial charge in [-0.05, 0) is 25.5 Å². The van der Waals surface area contributed by atoms with Crippen LogP contribution in [0.4, 0.5) is 0 Å². The molecule has 8 heteroatoms. The number of likely N-dealkylation sites (N-methyl/N-ethyl adjacent to an activating group) is 1. The Hall–Kier alpha value is -2.29. The van der Waals surface area contributed by atoms with Gasteiger partial charge in [0.15, 0.2) is 0 Å². The summed E-state index contributed by atoms with van der Waals surface area (Å²) in [6.07, 6.45) is 1.62. The number of carbonyl (C=O) groups is 2. The van der Waals surface area contributed by atoms with E-state index in [1.807, 2.05) is 10.3 Å². The number of piperidine rings is 1. The van der Waals surface area contributed by atoms with E-state index >= 15 is 0 Å². The van der Waals surface area contributed by atoms with Crippen LogP contribution in [0.2, 0.25) is 0 Å². The quantitative estimate of drug-likeness (QED) is 0.740. The molecule has 2 aromatic rings. The molecule has 0 aliphatic carbocycles. The molecule has 4 rings (SSSR count). The lowest BCUT2D eigenvalue weighted by atomic mass is 9.96. The molecule has 2 N–H and O–H groups in total. The van der Waals surface area contributed by atoms with Gasteiger partial charge in [-0.15, -0.1) is 11.3 Å². The zero-order chi connectivity index (χ0) is 21.8. The smallest absolute Gasteiger partial charge is 0.228 e. The lowest BCUT2D eigenvalue weighted by molar-refractivity contribution is -0.134. The number of benzene rings is 1. The van der Waals surface area contributed by atoms with E-state index < -0.39 is 0 Å². The van der Waals surface area contributed by atoms with Gasteiger partial charge in [-0.25, -0.2) is 4.98 Å². The highest BCUT2D eigenvalue weighted by molar-refractivity contribution is 7.13. The van der Waals surface area contributed by atoms with Crippen molar-refractivity contribution in [1.82, 2.24) is 19.7 Å². The number of nitrogens with two attached hydrogens (primary N) is 1. The molecule has 2 saturated heterocycles. The number of likely N-dealkylation sites (tertiary alicyclic amines) is 1. The fourth-order valence-electron chi connectivity index (χ4n) is 4.22. The molecule has 2 fully saturated rings. The maximum atomic E-state index is 12.6. The van der Waals surface area contributed by atoms with Crippen LogP contribution in [-0.4, -0.2) is 77.8 Å². The number of amides is 2. The molecule has 2 aliphatic rings. The van der Waals surface area contributed by atoms with E-state index in [9.17, 15) is 9.59 Å². The Morgan fingerprint density at radius 1 is 1.06 bits per heavy atom. The molecule has 166 valence electrons. The summed E-state index contributed by atoms with van der Waals surface area (Å²) in [6.45, 7) is 6.66. The van der Waals surface area contributed by atoms with Crippen LogP contribution < -0.4 is 5.73 Å². The second-order valence-corrected chi connectivity index (χ2v) is 9.51. The minimum atomic E-state index is -0.259. The number of primary amides is 1. The van der Waals surface area contributed by atoms with Crippen molar-refractivity contribution in [2.75, 3.05) is 46.3 Å². The normalized spacial score (nSPS) is 18.9. The second-order valence-electron chi connectivity index (χ2n) is 8.65. The Labute approximate surface area is 187 Å². The molecular weight excluding hydrogens is 410 g/mol. The van der Waals surface area contributed by atoms with E-state index in [0.717, 1.165) is 49.0 Å². The average Bonchev–Trinajstić information content (AvgIpc) is 3.24. The van der Waals surface area contributed by atoms with Gasteiger partial charge >= 0.3 is 0 Å². The molecule has 7 nitrogen and oxygen atoms in total. The van der Waals surface area contributed by atoms with Crippen LogP contribution in [0.3, 0.4) is 0 Å². The first-order valence-electron chi connectivity index (χ1n) is 11.0. The van der Waals surface area contributed by atoms with Crippen LogP contribution >= 0.6 is 11.3 Å². The van der Waals surface area contributed by atoms with Crippen molar-refractivity contribution >= 4 is 23.2 Å². The van der Waals surface area contributed by atoms with Crippen LogP contribution in [0.25, 0.3) is 10.6 Å². The van der Waals surface area contributed by atoms with Gasteiger partial charge < -0.3 is 15.5 Å². The van der Waals surface area contributed by atoms with Crippen molar-refractivity contribution < 1.29 is 9.59 Å². The van der Waals surface area contributed by atoms with Crippen molar-refractivity contribution in [3.05, 3.63) is 40.9 Å². The zero-order valence-corrected chi connectivity index (χ0v) is 18.9. The molecule has 1 aromatic heterocycles. The first-order valence-corrected chi connectivity index (χ1v) is 11.9. The maximum absolute atomic E-state index is 12.6. The number of piperazine rings is 1. The van der Waals surface area contributed by atoms with E-state index in [4.69, 9.17) is 10.7 Å². The van der Waals surface area contributed by atoms with E-state index in [1.165, 1.54) is 5.56 Å². The molecule has 2 aliphatic heterocycles. The van der Waals surface area contributed by atoms with Gasteiger partial charge in [0.2, 0.25) is 11.8 Å². The highest BCUT2D eigenvalue weighted by atomic mass is 32.1. The number of aromatic nitrogens is 1. The van der Waals surface area contributed by atoms with Gasteiger partial charge in [0.05, 0.1) is 12.1 Å². The van der Waals surface area contributed by atoms with Gasteiger partial charge in [-0.1, -0.05) is 24.3 Å². The van der Waals surface area contributed by atoms with Gasteiger partial charge in [-0.2, -0.15) is 0 Å². The fraction of sp³-hybridized carbons (Fsp3) is 0.522. The summed E-state index contributed by atoms with van der Waals surface area (Å²) in [5.74, 6) is -0.290. The number of hydrogen-bond donors (Lipinski definition) is 1. The van der Waals surface area contributed by atoms with E-state index in [1.54, 1.807) is 11.3 Å². The molecule has 31 heavy (non-hydrogen) atoms. The van der Waals surface area contributed by atoms with Gasteiger partial charge in [-0.3, -0.25) is 14.5 Å². The zero-order valence-electron chi connectivity index (χ0n) is 18.1. The van der Waals surface area contributed by atoms with Crippen molar-refractivity contribution in [2.24, 2.45) is 11.7 Å². The topological polar surface area (TPSA) is 82.8 Å². The molecule has 0 unspecified atom stereocenters. The monoisotopic (exact) mass is 441 g/mol. The summed E-state index contributed by atoms with van der Waals surface area (Å²) in [5.41, 5.74) is 8.60. The largest absolute Gasteiger partial charge is 0.369 e. The fourth-order valence-corrected chi connectivity index (χ4v) is 5.04. The van der Waals surface area contributed by atoms with Gasteiger partial charge in [0, 0.05) is 62.7 Å². The third-order valence-electron chi connectivity index (χ3n) is 6.34. The standard InChI is InChI=1S/C23H31N5O2S/c1-26-10-12-27(13-11-26)15-17-2-4-19(5-3-17)23-25-20(16-31-23)14-21(29)28-8-6-18(7-9-28)22(24)30/h2-5,16,18H,6-15H2,1H3,(H2,24,30). The first kappa shape index (κ1) is 21.9. The highest BCUT2D eigenvalue weighted by Crippen LogP contribution is 2.25. The maximum Gasteiger partial charge on any atom is 0.228 e. The third kappa shape index (κ3) is 5.70. The summed E-state index contributed by atoms with van der Waals surface area (Å²) in [5, 5.41) is 2.92. The first-order chi connectivity index (χ1) is 15.0. The summed E-state index contributed by atoms with van der Waals surface area (Å²) >= 11 is 1.58. The summed E-state index contributed by atoms with van der Waals surface area (Å²) < 4.78 is 0. The predicted octanol–water partition coefficient (Wildman–Crippen LogP) is 1.82. The van der Waals surface area contributed by atoms with Crippen LogP contribution in [0.1, 0.15) is 24.1 Å². The molecule has 0 saturated carbocycles. The molecular formula is C23H31N5O2S. The van der Waals surface area contributed by atoms with Crippen molar-refractivity contribution in [1.29, 1.82) is 0 Å². The number of thiazole rings is 1. The average molecular weight is 442 g/mol. The molecule has 0 radical (unpaired) electrons. The Morgan fingerprint density at radius 3 is 2.39 bits per heavy atom. The Balaban J connectivity index is 1.30. The Kier molecular flexibility index (Phi) is 6.99. The minimum absolute atomic E-state index is 0.0716. The number of rotatable bonds is 6. The number of nitrogens with zero attached hydrogens (tertiary/aromatic N) is 4. The molecule has 0 atom stereocenters. The van der Waals surface area contributed by atoms with Crippen molar-refractivity contribution in [3.8, 4) is 10.6 Å². The Morgan fingerprint density at radius 2 is 1.74 bits per heavy atom. The van der Waals surface area contributed by atoms with Crippen LogP contribution in [-0.2, 0) is 22.6 Å². The lowest BCUT2D eigenvalue weighted by Crippen LogP contribution is -2.43. The number of carbonyl (C=O) groups excluding carboxylic acids is 2. The van der Waals surface area contributed by atoms with Crippen LogP contribution in [0.15, 0.2) is 29.6 Å². The summed E-state index contributed by atoms with van der Waals surface area (Å²) in [6, 6.07) is 8.63. The molecule has 2 amide bonds. The Bertz CT molecular complexity index is 897. The van der Waals surface area contributed by atoms with E-state index in [-0.39, 0.29) is 17.7 Å². The third-order valence-corrected chi connectivity index (χ3v) is 7.28. The van der Waals surface area contributed by atoms with Crippen molar-refractivity contribution in [3.63, 3.8) is 0 Å². The van der Waals surface area contributed by atoms with Crippen LogP contribution in [0, 0.1) is 5.92 Å². The summed E-state index contributed by atoms with van der Waals surface area (Å²) in [7, 11) is 2.17. The highest BCUT2D eigenvalue weighted by Gasteiger charge is 2.26. The summed E-state index contributed by atoms with van der Waals surface area (Å²) in [4.78, 5) is 35.3. The SMILES string of the molecule is CN1CCN(Cc2ccc(-c3nc(CC(=O)N4CCC(C(N)=O)CC4)cs3)cc2)CC1. The van der Waals surface area contributed by atoms with Crippen LogP contribution in [0.5, 0.6) is 0 Å². The minimum Gasteiger partial charge on any atom is -0.369 e. The van der Waals surface area contributed by atoms with E-state index in [2.05, 4.69) is 41.1 Å². The van der Waals surface area contributed by atoms with Gasteiger partial charge in [0.1, 0.15) is 5.01 Å². The number of hydrogen-bond acceptors (Lipinski definition) is 6.